The van der Waals surface area contributed by atoms with Gasteiger partial charge in [0.15, 0.2) is 0 Å². The maximum atomic E-state index is 13.7. The summed E-state index contributed by atoms with van der Waals surface area (Å²) >= 11 is 0. The Balaban J connectivity index is 1.66. The first-order chi connectivity index (χ1) is 18.5. The number of hydrogen-bond donors (Lipinski definition) is 2. The summed E-state index contributed by atoms with van der Waals surface area (Å²) in [6.45, 7) is 3.60. The van der Waals surface area contributed by atoms with Gasteiger partial charge in [0.2, 0.25) is 15.9 Å². The van der Waals surface area contributed by atoms with Crippen LogP contribution in [0.5, 0.6) is 5.75 Å². The van der Waals surface area contributed by atoms with Gasteiger partial charge in [0, 0.05) is 31.1 Å². The van der Waals surface area contributed by atoms with Crippen molar-refractivity contribution >= 4 is 15.9 Å². The van der Waals surface area contributed by atoms with Crippen molar-refractivity contribution in [3.05, 3.63) is 59.7 Å². The normalized spacial score (nSPS) is 22.8. The van der Waals surface area contributed by atoms with Crippen molar-refractivity contribution in [1.82, 2.24) is 9.21 Å². The monoisotopic (exact) mass is 554 g/mol. The fourth-order valence-corrected chi connectivity index (χ4v) is 6.90. The molecule has 2 aromatic rings. The lowest BCUT2D eigenvalue weighted by Gasteiger charge is -2.37. The van der Waals surface area contributed by atoms with Gasteiger partial charge in [-0.25, -0.2) is 8.42 Å². The highest BCUT2D eigenvalue weighted by Crippen LogP contribution is 2.34. The van der Waals surface area contributed by atoms with E-state index in [9.17, 15) is 23.4 Å². The zero-order valence-corrected chi connectivity index (χ0v) is 23.7. The first-order valence-electron chi connectivity index (χ1n) is 13.5. The van der Waals surface area contributed by atoms with Gasteiger partial charge in [-0.1, -0.05) is 49.1 Å². The lowest BCUT2D eigenvalue weighted by Crippen LogP contribution is -2.50. The Morgan fingerprint density at radius 1 is 1.21 bits per heavy atom. The van der Waals surface area contributed by atoms with Crippen molar-refractivity contribution in [2.75, 3.05) is 26.7 Å². The molecule has 9 heteroatoms. The van der Waals surface area contributed by atoms with Gasteiger partial charge in [0.25, 0.3) is 0 Å². The number of likely N-dealkylation sites (N-methyl/N-ethyl adjacent to an activating group) is 1. The van der Waals surface area contributed by atoms with Crippen LogP contribution in [0.25, 0.3) is 0 Å². The lowest BCUT2D eigenvalue weighted by atomic mass is 10.0. The van der Waals surface area contributed by atoms with Crippen LogP contribution in [0.15, 0.2) is 53.4 Å². The molecule has 0 saturated heterocycles. The number of sulfonamides is 1. The summed E-state index contributed by atoms with van der Waals surface area (Å²) < 4.78 is 35.0. The molecule has 3 atom stereocenters. The van der Waals surface area contributed by atoms with Crippen LogP contribution in [-0.4, -0.2) is 78.2 Å². The smallest absolute Gasteiger partial charge is 0.247 e. The molecular formula is C30H38N2O6S. The number of benzene rings is 2. The van der Waals surface area contributed by atoms with E-state index >= 15 is 0 Å². The molecule has 39 heavy (non-hydrogen) atoms. The predicted molar refractivity (Wildman–Crippen MR) is 149 cm³/mol. The molecule has 1 aliphatic heterocycles. The van der Waals surface area contributed by atoms with Crippen molar-refractivity contribution in [3.8, 4) is 17.6 Å². The molecule has 0 radical (unpaired) electrons. The maximum absolute atomic E-state index is 13.7. The molecule has 210 valence electrons. The predicted octanol–water partition coefficient (Wildman–Crippen LogP) is 2.81. The van der Waals surface area contributed by atoms with E-state index in [1.807, 2.05) is 37.3 Å². The number of nitrogens with zero attached hydrogens (tertiary/aromatic N) is 2. The standard InChI is InChI=1S/C30H38N2O6S/c1-22-19-32(23(2)21-33)39(36,37)28-12-11-25(13-16-30(35)14-7-8-15-30)17-26(28)38-27(22)20-31(3)29(34)18-24-9-5-4-6-10-24/h4-6,9-12,17,22-23,27,33,35H,7-8,14-15,18-21H2,1-3H3/t22-,23-,27-/m1/s1. The summed E-state index contributed by atoms with van der Waals surface area (Å²) in [4.78, 5) is 14.6. The molecule has 2 N–H and O–H groups in total. The zero-order chi connectivity index (χ0) is 28.2. The molecule has 4 rings (SSSR count). The SMILES string of the molecule is C[C@@H]1CN([C@H](C)CO)S(=O)(=O)c2ccc(C#CC3(O)CCCC3)cc2O[C@@H]1CN(C)C(=O)Cc1ccccc1. The molecule has 1 fully saturated rings. The van der Waals surface area contributed by atoms with E-state index in [-0.39, 0.29) is 48.6 Å². The quantitative estimate of drug-likeness (QED) is 0.532. The van der Waals surface area contributed by atoms with Crippen LogP contribution in [-0.2, 0) is 21.2 Å². The first kappa shape index (κ1) is 29.1. The highest BCUT2D eigenvalue weighted by molar-refractivity contribution is 7.89. The fraction of sp³-hybridized carbons (Fsp3) is 0.500. The van der Waals surface area contributed by atoms with E-state index < -0.39 is 27.8 Å². The molecular weight excluding hydrogens is 516 g/mol. The Bertz CT molecular complexity index is 1330. The molecule has 2 aromatic carbocycles. The van der Waals surface area contributed by atoms with Crippen molar-refractivity contribution < 1.29 is 28.2 Å². The second-order valence-corrected chi connectivity index (χ2v) is 12.7. The Labute approximate surface area is 231 Å². The molecule has 1 amide bonds. The highest BCUT2D eigenvalue weighted by atomic mass is 32.2. The van der Waals surface area contributed by atoms with E-state index in [1.54, 1.807) is 31.0 Å². The summed E-state index contributed by atoms with van der Waals surface area (Å²) in [6, 6.07) is 13.5. The summed E-state index contributed by atoms with van der Waals surface area (Å²) in [5.41, 5.74) is 0.419. The number of fused-ring (bicyclic) bond motifs is 1. The van der Waals surface area contributed by atoms with Crippen LogP contribution in [0.2, 0.25) is 0 Å². The molecule has 2 aliphatic rings. The third-order valence-corrected chi connectivity index (χ3v) is 9.63. The van der Waals surface area contributed by atoms with Crippen LogP contribution in [0.3, 0.4) is 0 Å². The van der Waals surface area contributed by atoms with Crippen molar-refractivity contribution in [2.45, 2.75) is 68.6 Å². The Kier molecular flexibility index (Phi) is 9.02. The zero-order valence-electron chi connectivity index (χ0n) is 22.8. The summed E-state index contributed by atoms with van der Waals surface area (Å²) in [6.07, 6.45) is 2.82. The van der Waals surface area contributed by atoms with Crippen LogP contribution < -0.4 is 4.74 Å². The number of carbonyl (C=O) groups is 1. The second kappa shape index (κ2) is 12.1. The molecule has 1 aliphatic carbocycles. The maximum Gasteiger partial charge on any atom is 0.247 e. The summed E-state index contributed by atoms with van der Waals surface area (Å²) in [5.74, 6) is 5.75. The van der Waals surface area contributed by atoms with Gasteiger partial charge in [-0.05, 0) is 56.4 Å². The largest absolute Gasteiger partial charge is 0.487 e. The van der Waals surface area contributed by atoms with Crippen molar-refractivity contribution in [2.24, 2.45) is 5.92 Å². The Morgan fingerprint density at radius 2 is 1.90 bits per heavy atom. The fourth-order valence-electron chi connectivity index (χ4n) is 5.07. The topological polar surface area (TPSA) is 107 Å². The van der Waals surface area contributed by atoms with Crippen molar-refractivity contribution in [1.29, 1.82) is 0 Å². The Hall–Kier alpha value is -2.90. The number of hydrogen-bond acceptors (Lipinski definition) is 6. The second-order valence-electron chi connectivity index (χ2n) is 10.8. The molecule has 0 unspecified atom stereocenters. The average molecular weight is 555 g/mol. The van der Waals surface area contributed by atoms with Gasteiger partial charge >= 0.3 is 0 Å². The number of rotatable bonds is 6. The molecule has 0 bridgehead atoms. The number of carbonyl (C=O) groups excluding carboxylic acids is 1. The van der Waals surface area contributed by atoms with Gasteiger partial charge in [-0.3, -0.25) is 4.79 Å². The number of ether oxygens (including phenoxy) is 1. The number of aliphatic hydroxyl groups excluding tert-OH is 1. The van der Waals surface area contributed by atoms with E-state index in [0.29, 0.717) is 18.4 Å². The summed E-state index contributed by atoms with van der Waals surface area (Å²) in [5, 5.41) is 20.5. The first-order valence-corrected chi connectivity index (χ1v) is 14.9. The minimum Gasteiger partial charge on any atom is -0.487 e. The van der Waals surface area contributed by atoms with Gasteiger partial charge in [0.05, 0.1) is 19.6 Å². The van der Waals surface area contributed by atoms with Gasteiger partial charge in [-0.15, -0.1) is 0 Å². The minimum atomic E-state index is -3.99. The van der Waals surface area contributed by atoms with Crippen LogP contribution in [0.4, 0.5) is 0 Å². The van der Waals surface area contributed by atoms with E-state index in [2.05, 4.69) is 11.8 Å². The molecule has 8 nitrogen and oxygen atoms in total. The van der Waals surface area contributed by atoms with E-state index in [4.69, 9.17) is 4.74 Å². The van der Waals surface area contributed by atoms with E-state index in [1.165, 1.54) is 10.4 Å². The number of aliphatic hydroxyl groups is 2. The van der Waals surface area contributed by atoms with Crippen LogP contribution in [0.1, 0.15) is 50.7 Å². The van der Waals surface area contributed by atoms with Gasteiger partial charge in [0.1, 0.15) is 22.4 Å². The summed E-state index contributed by atoms with van der Waals surface area (Å²) in [7, 11) is -2.27. The van der Waals surface area contributed by atoms with E-state index in [0.717, 1.165) is 18.4 Å². The average Bonchev–Trinajstić information content (AvgIpc) is 3.36. The Morgan fingerprint density at radius 3 is 2.56 bits per heavy atom. The van der Waals surface area contributed by atoms with Crippen molar-refractivity contribution in [3.63, 3.8) is 0 Å². The van der Waals surface area contributed by atoms with Crippen LogP contribution in [0, 0.1) is 17.8 Å². The van der Waals surface area contributed by atoms with Crippen LogP contribution >= 0.6 is 0 Å². The lowest BCUT2D eigenvalue weighted by molar-refractivity contribution is -0.130. The minimum absolute atomic E-state index is 0.0110. The third-order valence-electron chi connectivity index (χ3n) is 7.62. The molecule has 1 heterocycles. The third kappa shape index (κ3) is 6.82. The number of amides is 1. The van der Waals surface area contributed by atoms with Gasteiger partial charge in [-0.2, -0.15) is 4.31 Å². The highest BCUT2D eigenvalue weighted by Gasteiger charge is 2.38. The molecule has 0 aromatic heterocycles. The molecule has 0 spiro atoms. The van der Waals surface area contributed by atoms with Gasteiger partial charge < -0.3 is 19.8 Å². The molecule has 1 saturated carbocycles.